The number of amides is 1. The molecule has 2 fully saturated rings. The summed E-state index contributed by atoms with van der Waals surface area (Å²) in [5.41, 5.74) is 3.84. The molecule has 4 aliphatic rings. The molecule has 190 valence electrons. The monoisotopic (exact) mass is 489 g/mol. The molecule has 4 aliphatic carbocycles. The zero-order valence-electron chi connectivity index (χ0n) is 20.9. The number of allylic oxidation sites excluding steroid dienone is 1. The molecule has 0 saturated heterocycles. The lowest BCUT2D eigenvalue weighted by atomic mass is 9.89. The van der Waals surface area contributed by atoms with Crippen LogP contribution in [-0.2, 0) is 17.6 Å². The van der Waals surface area contributed by atoms with Crippen LogP contribution in [0.2, 0.25) is 0 Å². The Morgan fingerprint density at radius 1 is 1.08 bits per heavy atom. The van der Waals surface area contributed by atoms with Crippen LogP contribution in [0.1, 0.15) is 97.1 Å². The van der Waals surface area contributed by atoms with Gasteiger partial charge < -0.3 is 10.1 Å². The molecule has 0 radical (unpaired) electrons. The van der Waals surface area contributed by atoms with Crippen LogP contribution in [0.3, 0.4) is 0 Å². The molecule has 5 atom stereocenters. The Morgan fingerprint density at radius 3 is 2.69 bits per heavy atom. The van der Waals surface area contributed by atoms with Crippen LogP contribution >= 0.6 is 0 Å². The van der Waals surface area contributed by atoms with Crippen molar-refractivity contribution < 1.29 is 14.0 Å². The number of nitrogens with zero attached hydrogens (tertiary/aromatic N) is 2. The van der Waals surface area contributed by atoms with Gasteiger partial charge in [0.25, 0.3) is 5.91 Å². The lowest BCUT2D eigenvalue weighted by Crippen LogP contribution is -2.43. The number of carbonyl (C=O) groups excluding carboxylic acids is 2. The van der Waals surface area contributed by atoms with Crippen molar-refractivity contribution in [2.45, 2.75) is 88.6 Å². The fourth-order valence-corrected chi connectivity index (χ4v) is 7.39. The van der Waals surface area contributed by atoms with Crippen molar-refractivity contribution in [3.63, 3.8) is 0 Å². The predicted molar refractivity (Wildman–Crippen MR) is 136 cm³/mol. The van der Waals surface area contributed by atoms with Crippen LogP contribution in [0, 0.1) is 23.6 Å². The Balaban J connectivity index is 1.36. The molecule has 0 spiro atoms. The number of hydrogen-bond donors (Lipinski definition) is 1. The smallest absolute Gasteiger partial charge is 0.272 e. The normalized spacial score (nSPS) is 29.6. The highest BCUT2D eigenvalue weighted by atomic mass is 19.1. The van der Waals surface area contributed by atoms with Crippen LogP contribution in [0.4, 0.5) is 4.39 Å². The molecule has 5 nitrogen and oxygen atoms in total. The number of aldehydes is 1. The standard InChI is InChI=1S/C30H36FN3O2/c31-23-9-6-7-19(16-23)15-22-8-4-5-12-25-28(33-34(29(22)25)24-10-2-1-3-11-24)30(36)32-27-21-14-13-20(17-21)26(27)18-35/h6-7,9,13-14,16,18,20-22,24,26-27H,1-5,8,10-12,15,17H2,(H,32,36)/t20?,21?,22?,26-,27+/m0/s1. The van der Waals surface area contributed by atoms with Crippen molar-refractivity contribution in [1.82, 2.24) is 15.1 Å². The Labute approximate surface area is 212 Å². The fraction of sp³-hybridized carbons (Fsp3) is 0.567. The largest absolute Gasteiger partial charge is 0.347 e. The van der Waals surface area contributed by atoms with Gasteiger partial charge in [-0.25, -0.2) is 4.39 Å². The van der Waals surface area contributed by atoms with E-state index in [9.17, 15) is 14.0 Å². The molecule has 6 heteroatoms. The summed E-state index contributed by atoms with van der Waals surface area (Å²) in [5.74, 6) is 0.202. The van der Waals surface area contributed by atoms with Crippen LogP contribution < -0.4 is 5.32 Å². The molecule has 36 heavy (non-hydrogen) atoms. The zero-order chi connectivity index (χ0) is 24.6. The van der Waals surface area contributed by atoms with Gasteiger partial charge in [0.15, 0.2) is 5.69 Å². The minimum atomic E-state index is -0.202. The van der Waals surface area contributed by atoms with E-state index in [1.807, 2.05) is 6.07 Å². The van der Waals surface area contributed by atoms with E-state index in [0.29, 0.717) is 11.7 Å². The maximum absolute atomic E-state index is 14.0. The first-order valence-electron chi connectivity index (χ1n) is 13.9. The van der Waals surface area contributed by atoms with Gasteiger partial charge in [-0.1, -0.05) is 50.0 Å². The second kappa shape index (κ2) is 9.95. The Morgan fingerprint density at radius 2 is 1.89 bits per heavy atom. The van der Waals surface area contributed by atoms with Gasteiger partial charge in [0.1, 0.15) is 12.1 Å². The molecular weight excluding hydrogens is 453 g/mol. The molecule has 2 bridgehead atoms. The van der Waals surface area contributed by atoms with Crippen molar-refractivity contribution >= 4 is 12.2 Å². The Bertz CT molecular complexity index is 1160. The summed E-state index contributed by atoms with van der Waals surface area (Å²) in [5, 5.41) is 8.29. The molecular formula is C30H36FN3O2. The number of halogens is 1. The third kappa shape index (κ3) is 4.33. The molecule has 1 aromatic carbocycles. The van der Waals surface area contributed by atoms with E-state index in [2.05, 4.69) is 22.2 Å². The number of fused-ring (bicyclic) bond motifs is 3. The first-order chi connectivity index (χ1) is 17.6. The van der Waals surface area contributed by atoms with Gasteiger partial charge in [-0.15, -0.1) is 0 Å². The summed E-state index contributed by atoms with van der Waals surface area (Å²) in [7, 11) is 0. The highest BCUT2D eigenvalue weighted by Gasteiger charge is 2.45. The molecule has 1 heterocycles. The molecule has 6 rings (SSSR count). The summed E-state index contributed by atoms with van der Waals surface area (Å²) >= 11 is 0. The number of benzene rings is 1. The van der Waals surface area contributed by atoms with Gasteiger partial charge in [-0.05, 0) is 74.5 Å². The molecule has 2 aromatic rings. The van der Waals surface area contributed by atoms with Crippen molar-refractivity contribution in [2.75, 3.05) is 0 Å². The maximum Gasteiger partial charge on any atom is 0.272 e. The van der Waals surface area contributed by atoms with E-state index in [-0.39, 0.29) is 41.4 Å². The maximum atomic E-state index is 14.0. The summed E-state index contributed by atoms with van der Waals surface area (Å²) in [6.07, 6.45) is 16.8. The average Bonchev–Trinajstić information content (AvgIpc) is 3.56. The highest BCUT2D eigenvalue weighted by Crippen LogP contribution is 2.43. The summed E-state index contributed by atoms with van der Waals surface area (Å²) < 4.78 is 16.2. The lowest BCUT2D eigenvalue weighted by molar-refractivity contribution is -0.112. The van der Waals surface area contributed by atoms with Gasteiger partial charge in [0.2, 0.25) is 0 Å². The molecule has 0 aliphatic heterocycles. The van der Waals surface area contributed by atoms with E-state index < -0.39 is 0 Å². The van der Waals surface area contributed by atoms with Crippen molar-refractivity contribution in [1.29, 1.82) is 0 Å². The number of hydrogen-bond acceptors (Lipinski definition) is 3. The van der Waals surface area contributed by atoms with Crippen LogP contribution in [-0.4, -0.2) is 28.0 Å². The number of rotatable bonds is 6. The molecule has 1 aromatic heterocycles. The average molecular weight is 490 g/mol. The molecule has 1 amide bonds. The van der Waals surface area contributed by atoms with Crippen molar-refractivity contribution in [3.05, 3.63) is 64.7 Å². The minimum absolute atomic E-state index is 0.134. The van der Waals surface area contributed by atoms with Gasteiger partial charge >= 0.3 is 0 Å². The van der Waals surface area contributed by atoms with Crippen molar-refractivity contribution in [2.24, 2.45) is 17.8 Å². The summed E-state index contributed by atoms with van der Waals surface area (Å²) in [6, 6.07) is 7.10. The second-order valence-corrected chi connectivity index (χ2v) is 11.4. The second-order valence-electron chi connectivity index (χ2n) is 11.4. The zero-order valence-corrected chi connectivity index (χ0v) is 20.9. The predicted octanol–water partition coefficient (Wildman–Crippen LogP) is 5.70. The van der Waals surface area contributed by atoms with E-state index in [0.717, 1.165) is 68.8 Å². The molecule has 1 N–H and O–H groups in total. The van der Waals surface area contributed by atoms with Crippen molar-refractivity contribution in [3.8, 4) is 0 Å². The number of aromatic nitrogens is 2. The molecule has 2 saturated carbocycles. The fourth-order valence-electron chi connectivity index (χ4n) is 7.39. The number of carbonyl (C=O) groups is 2. The first-order valence-corrected chi connectivity index (χ1v) is 13.9. The third-order valence-electron chi connectivity index (χ3n) is 9.15. The van der Waals surface area contributed by atoms with Gasteiger partial charge in [-0.2, -0.15) is 5.10 Å². The van der Waals surface area contributed by atoms with Gasteiger partial charge in [0, 0.05) is 29.1 Å². The highest BCUT2D eigenvalue weighted by molar-refractivity contribution is 5.94. The summed E-state index contributed by atoms with van der Waals surface area (Å²) in [6.45, 7) is 0. The number of nitrogens with one attached hydrogen (secondary N) is 1. The quantitative estimate of drug-likeness (QED) is 0.322. The lowest BCUT2D eigenvalue weighted by Gasteiger charge is -2.27. The Hall–Kier alpha value is -2.76. The SMILES string of the molecule is O=C[C@H]1C2C=CC(C2)[C@H]1NC(=O)c1nn(C2CCCCC2)c2c1CCCCC2Cc1cccc(F)c1. The third-order valence-corrected chi connectivity index (χ3v) is 9.15. The van der Waals surface area contributed by atoms with E-state index >= 15 is 0 Å². The van der Waals surface area contributed by atoms with E-state index in [1.165, 1.54) is 31.0 Å². The van der Waals surface area contributed by atoms with E-state index in [1.54, 1.807) is 12.1 Å². The van der Waals surface area contributed by atoms with Crippen LogP contribution in [0.25, 0.3) is 0 Å². The van der Waals surface area contributed by atoms with E-state index in [4.69, 9.17) is 5.10 Å². The van der Waals surface area contributed by atoms with Crippen LogP contribution in [0.15, 0.2) is 36.4 Å². The molecule has 3 unspecified atom stereocenters. The van der Waals surface area contributed by atoms with Gasteiger partial charge in [0.05, 0.1) is 6.04 Å². The minimum Gasteiger partial charge on any atom is -0.347 e. The van der Waals surface area contributed by atoms with Crippen LogP contribution in [0.5, 0.6) is 0 Å². The first kappa shape index (κ1) is 23.6. The van der Waals surface area contributed by atoms with Gasteiger partial charge in [-0.3, -0.25) is 9.48 Å². The topological polar surface area (TPSA) is 64.0 Å². The summed E-state index contributed by atoms with van der Waals surface area (Å²) in [4.78, 5) is 25.6. The Kier molecular flexibility index (Phi) is 6.53.